The second-order valence-corrected chi connectivity index (χ2v) is 30.1. The summed E-state index contributed by atoms with van der Waals surface area (Å²) >= 11 is 0. The van der Waals surface area contributed by atoms with Gasteiger partial charge in [0.2, 0.25) is 0 Å². The van der Waals surface area contributed by atoms with Crippen molar-refractivity contribution in [3.05, 3.63) is 466 Å². The van der Waals surface area contributed by atoms with E-state index < -0.39 is 0 Å². The van der Waals surface area contributed by atoms with Crippen LogP contribution in [0.1, 0.15) is 22.6 Å². The Balaban J connectivity index is 0.000000153. The van der Waals surface area contributed by atoms with Crippen LogP contribution in [0.3, 0.4) is 0 Å². The molecule has 122 heavy (non-hydrogen) atoms. The molecule has 0 bridgehead atoms. The van der Waals surface area contributed by atoms with Crippen LogP contribution < -0.4 is 9.80 Å². The zero-order chi connectivity index (χ0) is 79.4. The molecule has 0 fully saturated rings. The summed E-state index contributed by atoms with van der Waals surface area (Å²) in [6, 6.07) is 156. The first-order valence-electron chi connectivity index (χ1n) is 40.4. The molecule has 11 heteroatoms. The smallest absolute Gasteiger partial charge is 0.346 e. The second kappa shape index (κ2) is 32.9. The van der Waals surface area contributed by atoms with Gasteiger partial charge in [0, 0.05) is 91.5 Å². The van der Waals surface area contributed by atoms with E-state index in [0.29, 0.717) is 0 Å². The van der Waals surface area contributed by atoms with Crippen molar-refractivity contribution in [3.8, 4) is 84.3 Å². The van der Waals surface area contributed by atoms with Crippen molar-refractivity contribution in [3.63, 3.8) is 0 Å². The zero-order valence-corrected chi connectivity index (χ0v) is 70.2. The molecule has 0 saturated heterocycles. The molecule has 0 spiro atoms. The van der Waals surface area contributed by atoms with Crippen molar-refractivity contribution in [2.75, 3.05) is 9.80 Å². The van der Waals surface area contributed by atoms with E-state index in [0.717, 1.165) is 118 Å². The van der Waals surface area contributed by atoms with Crippen molar-refractivity contribution in [2.45, 2.75) is 5.92 Å². The summed E-state index contributed by atoms with van der Waals surface area (Å²) in [5.74, 6) is 0.161. The average molecular weight is 1920 g/mol. The van der Waals surface area contributed by atoms with E-state index in [-0.39, 0.29) is 48.0 Å². The number of hydrogen-bond donors (Lipinski definition) is 0. The molecule has 0 saturated carbocycles. The summed E-state index contributed by atoms with van der Waals surface area (Å²) in [5, 5.41) is 7.34. The van der Waals surface area contributed by atoms with Gasteiger partial charge in [-0.2, -0.15) is 0 Å². The van der Waals surface area contributed by atoms with Gasteiger partial charge in [-0.15, -0.1) is 119 Å². The summed E-state index contributed by atoms with van der Waals surface area (Å²) in [6.07, 6.45) is 7.28. The Morgan fingerprint density at radius 2 is 0.607 bits per heavy atom. The first-order valence-corrected chi connectivity index (χ1v) is 40.4. The number of rotatable bonds is 15. The van der Waals surface area contributed by atoms with E-state index in [1.807, 2.05) is 97.6 Å². The normalized spacial score (nSPS) is 12.0. The quantitative estimate of drug-likeness (QED) is 0.0953. The fourth-order valence-corrected chi connectivity index (χ4v) is 17.8. The molecule has 9 nitrogen and oxygen atoms in total. The van der Waals surface area contributed by atoms with E-state index in [1.54, 1.807) is 0 Å². The topological polar surface area (TPSA) is 72.8 Å². The van der Waals surface area contributed by atoms with Gasteiger partial charge >= 0.3 is 42.1 Å². The van der Waals surface area contributed by atoms with Crippen molar-refractivity contribution in [2.24, 2.45) is 0 Å². The van der Waals surface area contributed by atoms with Gasteiger partial charge in [0.05, 0.1) is 33.1 Å². The zero-order valence-electron chi connectivity index (χ0n) is 65.6. The van der Waals surface area contributed by atoms with Crippen LogP contribution in [0.5, 0.6) is 0 Å². The van der Waals surface area contributed by atoms with Gasteiger partial charge in [0.25, 0.3) is 0 Å². The van der Waals surface area contributed by atoms with E-state index >= 15 is 0 Å². The maximum atomic E-state index is 4.65. The first kappa shape index (κ1) is 76.0. The Morgan fingerprint density at radius 3 is 1.10 bits per heavy atom. The Kier molecular flexibility index (Phi) is 20.5. The predicted octanol–water partition coefficient (Wildman–Crippen LogP) is 27.9. The second-order valence-electron chi connectivity index (χ2n) is 30.1. The van der Waals surface area contributed by atoms with E-state index in [4.69, 9.17) is 0 Å². The van der Waals surface area contributed by atoms with Gasteiger partial charge in [0.15, 0.2) is 0 Å². The van der Waals surface area contributed by atoms with Crippen LogP contribution in [-0.2, 0) is 42.1 Å². The van der Waals surface area contributed by atoms with Crippen LogP contribution in [0, 0.1) is 24.3 Å². The maximum absolute atomic E-state index is 4.65. The molecule has 580 valence electrons. The minimum absolute atomic E-state index is 0. The average Bonchev–Trinajstić information content (AvgIpc) is 1.56. The van der Waals surface area contributed by atoms with Crippen molar-refractivity contribution in [1.29, 1.82) is 0 Å². The Morgan fingerprint density at radius 1 is 0.230 bits per heavy atom. The van der Waals surface area contributed by atoms with Crippen LogP contribution in [0.2, 0.25) is 0 Å². The number of nitrogens with zero attached hydrogens (tertiary/aromatic N) is 9. The van der Waals surface area contributed by atoms with Crippen LogP contribution >= 0.6 is 0 Å². The molecular weight excluding hydrogens is 1850 g/mol. The minimum Gasteiger partial charge on any atom is -0.346 e. The third-order valence-electron chi connectivity index (χ3n) is 23.1. The number of benzene rings is 15. The molecule has 22 aromatic rings. The molecule has 1 aliphatic rings. The molecule has 7 heterocycles. The van der Waals surface area contributed by atoms with Gasteiger partial charge in [-0.25, -0.2) is 0 Å². The van der Waals surface area contributed by atoms with Crippen molar-refractivity contribution < 1.29 is 42.1 Å². The molecule has 0 radical (unpaired) electrons. The van der Waals surface area contributed by atoms with Gasteiger partial charge in [-0.1, -0.05) is 200 Å². The van der Waals surface area contributed by atoms with Crippen LogP contribution in [0.25, 0.3) is 150 Å². The summed E-state index contributed by atoms with van der Waals surface area (Å²) in [4.78, 5) is 23.0. The molecule has 15 aromatic carbocycles. The van der Waals surface area contributed by atoms with Gasteiger partial charge in [-0.3, -0.25) is 0 Å². The van der Waals surface area contributed by atoms with Crippen LogP contribution in [0.15, 0.2) is 425 Å². The maximum Gasteiger partial charge on any atom is 2.00 e. The van der Waals surface area contributed by atoms with E-state index in [2.05, 4.69) is 395 Å². The third-order valence-corrected chi connectivity index (χ3v) is 23.1. The number of anilines is 6. The number of hydrogen-bond acceptors (Lipinski definition) is 6. The molecule has 1 aliphatic carbocycles. The molecular formula is C111H71N9Pt2. The molecule has 7 aromatic heterocycles. The third kappa shape index (κ3) is 13.9. The fourth-order valence-electron chi connectivity index (χ4n) is 17.8. The molecule has 1 atom stereocenters. The molecule has 1 unspecified atom stereocenters. The first-order chi connectivity index (χ1) is 59.5. The van der Waals surface area contributed by atoms with Crippen LogP contribution in [0.4, 0.5) is 34.1 Å². The standard InChI is InChI=1S/C59H38N4.C52H33N5.2Pt/c1-3-16-40(17-4-1)59-50-27-8-7-26-49(50)51-38-53-52-37-42(30-31-57(52)63(58(53)39-54(51)59)45-21-5-2-6-22-45)41-18-13-23-46(34-41)62(47-24-14-19-43(35-47)55-28-9-11-32-60-55)48-25-15-20-44(36-48)56-29-10-12-33-61-56;1-2-17-38(18-3-1)56-49-27-6-4-23-43(49)45-34-46-44-24-5-7-28-50(44)57(52(46)35-51(45)56)42-22-14-21-41(33-42)55(39-19-12-15-36(31-39)47-25-8-10-29-53-47)40-20-13-16-37(32-40)48-26-9-11-30-54-48;;/h1-34,37-39,59H;1-30,33-35H;;/q2*-2;2*+2. The molecule has 0 amide bonds. The van der Waals surface area contributed by atoms with Gasteiger partial charge in [0.1, 0.15) is 0 Å². The predicted molar refractivity (Wildman–Crippen MR) is 492 cm³/mol. The fraction of sp³-hybridized carbons (Fsp3) is 0.00901. The largest absolute Gasteiger partial charge is 2.00 e. The summed E-state index contributed by atoms with van der Waals surface area (Å²) < 4.78 is 7.23. The minimum atomic E-state index is 0. The number of pyridine rings is 4. The number of aromatic nitrogens is 7. The van der Waals surface area contributed by atoms with E-state index in [9.17, 15) is 0 Å². The summed E-state index contributed by atoms with van der Waals surface area (Å²) in [6.45, 7) is 0. The van der Waals surface area contributed by atoms with Gasteiger partial charge < -0.3 is 43.4 Å². The summed E-state index contributed by atoms with van der Waals surface area (Å²) in [5.41, 5.74) is 31.8. The SMILES string of the molecule is [Pt+2].[Pt+2].[c-]1c(-c2ccccn2)cccc1N(c1[c-]c(-c2ccccn2)ccc1)c1cccc(-c2ccc3c(c2)c2cc4c(cc2n3-c2ccccc2)C(c2ccccc2)c2ccccc2-4)c1.[c-]1c(-c2ccccn2)cccc1N(c1[c-]c(-c2ccccn2)ccc1)c1cccc(-n2c3ccccc3c3cc4c5ccccc5n(-c5ccccc5)c4cc32)c1. The molecule has 0 N–H and O–H groups in total. The number of para-hydroxylation sites is 4. The van der Waals surface area contributed by atoms with Crippen LogP contribution in [-0.4, -0.2) is 33.6 Å². The Hall–Kier alpha value is -14.7. The Bertz CT molecular complexity index is 7440. The Labute approximate surface area is 735 Å². The molecule has 0 aliphatic heterocycles. The monoisotopic (exact) mass is 1920 g/mol. The molecule has 23 rings (SSSR count). The van der Waals surface area contributed by atoms with Gasteiger partial charge in [-0.05, 0) is 212 Å². The van der Waals surface area contributed by atoms with Crippen molar-refractivity contribution >= 4 is 99.5 Å². The number of fused-ring (bicyclic) bond motifs is 12. The van der Waals surface area contributed by atoms with Crippen molar-refractivity contribution in [1.82, 2.24) is 33.6 Å². The van der Waals surface area contributed by atoms with E-state index in [1.165, 1.54) is 82.2 Å². The summed E-state index contributed by atoms with van der Waals surface area (Å²) in [7, 11) is 0.